The molecule has 0 aromatic carbocycles. The Kier molecular flexibility index (Phi) is 5.73. The normalized spacial score (nSPS) is 25.0. The van der Waals surface area contributed by atoms with E-state index in [2.05, 4.69) is 15.2 Å². The van der Waals surface area contributed by atoms with Crippen molar-refractivity contribution in [3.8, 4) is 0 Å². The van der Waals surface area contributed by atoms with Gasteiger partial charge in [-0.1, -0.05) is 0 Å². The third kappa shape index (κ3) is 5.37. The zero-order valence-corrected chi connectivity index (χ0v) is 18.9. The van der Waals surface area contributed by atoms with Crippen LogP contribution < -0.4 is 5.32 Å². The van der Waals surface area contributed by atoms with Gasteiger partial charge in [0.25, 0.3) is 0 Å². The van der Waals surface area contributed by atoms with E-state index in [4.69, 9.17) is 4.74 Å². The van der Waals surface area contributed by atoms with Gasteiger partial charge in [-0.05, 0) is 89.4 Å². The lowest BCUT2D eigenvalue weighted by Gasteiger charge is -2.40. The van der Waals surface area contributed by atoms with Gasteiger partial charge in [0, 0.05) is 39.3 Å². The van der Waals surface area contributed by atoms with Gasteiger partial charge in [-0.3, -0.25) is 4.99 Å². The monoisotopic (exact) mass is 404 g/mol. The summed E-state index contributed by atoms with van der Waals surface area (Å²) in [5.41, 5.74) is 0.137. The molecule has 6 nitrogen and oxygen atoms in total. The van der Waals surface area contributed by atoms with Crippen molar-refractivity contribution in [1.82, 2.24) is 15.1 Å². The molecule has 0 radical (unpaired) electrons. The molecule has 0 spiro atoms. The zero-order valence-electron chi connectivity index (χ0n) is 18.9. The maximum Gasteiger partial charge on any atom is 0.410 e. The summed E-state index contributed by atoms with van der Waals surface area (Å²) in [5, 5.41) is 3.67. The van der Waals surface area contributed by atoms with E-state index in [-0.39, 0.29) is 12.1 Å². The van der Waals surface area contributed by atoms with Crippen molar-refractivity contribution in [3.63, 3.8) is 0 Å². The standard InChI is InChI=1S/C23H40N4O2/c1-22(2,3)29-21(28)27(15-17-5-6-17)19-9-13-26(14-10-19)20(24-4)25-16-23(11-12-23)18-7-8-18/h17-19H,5-16H2,1-4H3,(H,24,25). The van der Waals surface area contributed by atoms with Crippen LogP contribution in [0.25, 0.3) is 0 Å². The van der Waals surface area contributed by atoms with Crippen LogP contribution in [0.2, 0.25) is 0 Å². The van der Waals surface area contributed by atoms with E-state index in [0.717, 1.165) is 50.9 Å². The molecule has 6 heteroatoms. The Morgan fingerprint density at radius 3 is 2.28 bits per heavy atom. The largest absolute Gasteiger partial charge is 0.444 e. The molecule has 3 aliphatic carbocycles. The summed E-state index contributed by atoms with van der Waals surface area (Å²) in [5.74, 6) is 2.68. The molecule has 4 fully saturated rings. The summed E-state index contributed by atoms with van der Waals surface area (Å²) in [4.78, 5) is 21.8. The predicted molar refractivity (Wildman–Crippen MR) is 116 cm³/mol. The van der Waals surface area contributed by atoms with Gasteiger partial charge in [0.15, 0.2) is 5.96 Å². The van der Waals surface area contributed by atoms with Crippen LogP contribution in [0.4, 0.5) is 4.79 Å². The van der Waals surface area contributed by atoms with E-state index in [0.29, 0.717) is 11.3 Å². The zero-order chi connectivity index (χ0) is 20.6. The molecule has 0 unspecified atom stereocenters. The second-order valence-electron chi connectivity index (χ2n) is 10.8. The Hall–Kier alpha value is -1.46. The number of hydrogen-bond acceptors (Lipinski definition) is 3. The van der Waals surface area contributed by atoms with Crippen LogP contribution in [-0.2, 0) is 4.74 Å². The van der Waals surface area contributed by atoms with Crippen molar-refractivity contribution < 1.29 is 9.53 Å². The molecular weight excluding hydrogens is 364 g/mol. The van der Waals surface area contributed by atoms with Crippen LogP contribution in [-0.4, -0.2) is 66.7 Å². The van der Waals surface area contributed by atoms with Crippen molar-refractivity contribution in [1.29, 1.82) is 0 Å². The number of ether oxygens (including phenoxy) is 1. The van der Waals surface area contributed by atoms with Gasteiger partial charge in [-0.2, -0.15) is 0 Å². The van der Waals surface area contributed by atoms with Crippen molar-refractivity contribution in [2.45, 2.75) is 83.8 Å². The van der Waals surface area contributed by atoms with Crippen LogP contribution in [0.1, 0.15) is 72.1 Å². The molecule has 0 bridgehead atoms. The lowest BCUT2D eigenvalue weighted by atomic mass is 10.0. The minimum atomic E-state index is -0.439. The van der Waals surface area contributed by atoms with Crippen molar-refractivity contribution in [3.05, 3.63) is 0 Å². The molecule has 1 saturated heterocycles. The number of aliphatic imine (C=N–C) groups is 1. The van der Waals surface area contributed by atoms with E-state index in [1.807, 2.05) is 32.7 Å². The molecule has 4 aliphatic rings. The Labute approximate surface area is 176 Å². The fourth-order valence-corrected chi connectivity index (χ4v) is 4.83. The number of carbonyl (C=O) groups is 1. The Morgan fingerprint density at radius 1 is 1.14 bits per heavy atom. The molecule has 0 aromatic rings. The van der Waals surface area contributed by atoms with E-state index >= 15 is 0 Å². The first-order valence-corrected chi connectivity index (χ1v) is 11.7. The van der Waals surface area contributed by atoms with Gasteiger partial charge in [0.05, 0.1) is 0 Å². The number of piperidine rings is 1. The summed E-state index contributed by atoms with van der Waals surface area (Å²) in [6.07, 6.45) is 9.95. The topological polar surface area (TPSA) is 57.2 Å². The number of hydrogen-bond donors (Lipinski definition) is 1. The average Bonchev–Trinajstić information content (AvgIpc) is 3.53. The third-order valence-corrected chi connectivity index (χ3v) is 7.13. The smallest absolute Gasteiger partial charge is 0.410 e. The van der Waals surface area contributed by atoms with Gasteiger partial charge >= 0.3 is 6.09 Å². The van der Waals surface area contributed by atoms with Gasteiger partial charge in [-0.25, -0.2) is 4.79 Å². The third-order valence-electron chi connectivity index (χ3n) is 7.13. The Morgan fingerprint density at radius 2 is 1.79 bits per heavy atom. The fourth-order valence-electron chi connectivity index (χ4n) is 4.83. The number of nitrogens with one attached hydrogen (secondary N) is 1. The maximum absolute atomic E-state index is 12.8. The summed E-state index contributed by atoms with van der Waals surface area (Å²) in [6, 6.07) is 0.279. The fraction of sp³-hybridized carbons (Fsp3) is 0.913. The summed E-state index contributed by atoms with van der Waals surface area (Å²) in [6.45, 7) is 9.69. The highest BCUT2D eigenvalue weighted by molar-refractivity contribution is 5.80. The summed E-state index contributed by atoms with van der Waals surface area (Å²) >= 11 is 0. The highest BCUT2D eigenvalue weighted by Crippen LogP contribution is 2.60. The van der Waals surface area contributed by atoms with Crippen LogP contribution in [0.15, 0.2) is 4.99 Å². The second-order valence-corrected chi connectivity index (χ2v) is 10.8. The average molecular weight is 405 g/mol. The highest BCUT2D eigenvalue weighted by atomic mass is 16.6. The van der Waals surface area contributed by atoms with E-state index in [1.54, 1.807) is 0 Å². The maximum atomic E-state index is 12.8. The van der Waals surface area contributed by atoms with Crippen LogP contribution in [0, 0.1) is 17.3 Å². The number of carbonyl (C=O) groups excluding carboxylic acids is 1. The van der Waals surface area contributed by atoms with Crippen molar-refractivity contribution in [2.24, 2.45) is 22.2 Å². The first kappa shape index (κ1) is 20.8. The molecule has 1 heterocycles. The molecular formula is C23H40N4O2. The van der Waals surface area contributed by atoms with E-state index < -0.39 is 5.60 Å². The number of guanidine groups is 1. The molecule has 0 atom stereocenters. The molecule has 1 N–H and O–H groups in total. The summed E-state index contributed by atoms with van der Waals surface area (Å²) < 4.78 is 5.73. The first-order valence-electron chi connectivity index (χ1n) is 11.7. The highest BCUT2D eigenvalue weighted by Gasteiger charge is 2.53. The van der Waals surface area contributed by atoms with Crippen LogP contribution >= 0.6 is 0 Å². The first-order chi connectivity index (χ1) is 13.8. The van der Waals surface area contributed by atoms with E-state index in [1.165, 1.54) is 38.5 Å². The lowest BCUT2D eigenvalue weighted by molar-refractivity contribution is 0.00927. The number of likely N-dealkylation sites (tertiary alicyclic amines) is 1. The van der Waals surface area contributed by atoms with Gasteiger partial charge in [0.2, 0.25) is 0 Å². The second kappa shape index (κ2) is 7.99. The predicted octanol–water partition coefficient (Wildman–Crippen LogP) is 3.86. The Balaban J connectivity index is 1.29. The molecule has 164 valence electrons. The SMILES string of the molecule is CN=C(NCC1(C2CC2)CC1)N1CCC(N(CC2CC2)C(=O)OC(C)(C)C)CC1. The summed E-state index contributed by atoms with van der Waals surface area (Å²) in [7, 11) is 1.89. The molecule has 29 heavy (non-hydrogen) atoms. The molecule has 4 rings (SSSR count). The van der Waals surface area contributed by atoms with Gasteiger partial charge < -0.3 is 19.9 Å². The molecule has 0 aromatic heterocycles. The minimum absolute atomic E-state index is 0.134. The van der Waals surface area contributed by atoms with Crippen molar-refractivity contribution in [2.75, 3.05) is 33.2 Å². The molecule has 1 aliphatic heterocycles. The number of nitrogens with zero attached hydrogens (tertiary/aromatic N) is 3. The van der Waals surface area contributed by atoms with Crippen molar-refractivity contribution >= 4 is 12.1 Å². The van der Waals surface area contributed by atoms with Gasteiger partial charge in [0.1, 0.15) is 5.60 Å². The quantitative estimate of drug-likeness (QED) is 0.539. The van der Waals surface area contributed by atoms with Gasteiger partial charge in [-0.15, -0.1) is 0 Å². The van der Waals surface area contributed by atoms with Crippen LogP contribution in [0.3, 0.4) is 0 Å². The number of amides is 1. The van der Waals surface area contributed by atoms with E-state index in [9.17, 15) is 4.79 Å². The Bertz CT molecular complexity index is 621. The number of rotatable bonds is 6. The minimum Gasteiger partial charge on any atom is -0.444 e. The molecule has 1 amide bonds. The van der Waals surface area contributed by atoms with Crippen LogP contribution in [0.5, 0.6) is 0 Å². The molecule has 3 saturated carbocycles. The lowest BCUT2D eigenvalue weighted by Crippen LogP contribution is -2.53.